The van der Waals surface area contributed by atoms with E-state index in [1.165, 1.54) is 20.8 Å². The number of aromatic amines is 1. The SMILES string of the molecule is CCCCn1c(N)c(N(C(=O)CSc2nnc(-c3cccs3)o2)C2CCCC2)c(=O)[nH]c1=O. The first-order chi connectivity index (χ1) is 16.0. The number of thioether (sulfide) groups is 1. The van der Waals surface area contributed by atoms with Crippen molar-refractivity contribution in [2.75, 3.05) is 16.4 Å². The van der Waals surface area contributed by atoms with Gasteiger partial charge < -0.3 is 15.1 Å². The zero-order valence-corrected chi connectivity index (χ0v) is 19.9. The lowest BCUT2D eigenvalue weighted by molar-refractivity contribution is -0.116. The minimum Gasteiger partial charge on any atom is -0.410 e. The molecule has 33 heavy (non-hydrogen) atoms. The Bertz CT molecular complexity index is 1210. The Morgan fingerprint density at radius 3 is 2.85 bits per heavy atom. The number of nitrogens with two attached hydrogens (primary N) is 1. The second-order valence-electron chi connectivity index (χ2n) is 7.84. The van der Waals surface area contributed by atoms with E-state index in [4.69, 9.17) is 10.2 Å². The van der Waals surface area contributed by atoms with E-state index in [-0.39, 0.29) is 34.4 Å². The number of aromatic nitrogens is 4. The smallest absolute Gasteiger partial charge is 0.330 e. The second-order valence-corrected chi connectivity index (χ2v) is 9.71. The summed E-state index contributed by atoms with van der Waals surface area (Å²) in [6, 6.07) is 3.62. The van der Waals surface area contributed by atoms with E-state index in [9.17, 15) is 14.4 Å². The molecule has 1 amide bonds. The molecular formula is C21H26N6O4S2. The molecule has 12 heteroatoms. The highest BCUT2D eigenvalue weighted by Gasteiger charge is 2.32. The summed E-state index contributed by atoms with van der Waals surface area (Å²) in [5.74, 6) is 0.132. The molecule has 3 aromatic rings. The number of nitrogens with one attached hydrogen (secondary N) is 1. The molecule has 1 aliphatic carbocycles. The summed E-state index contributed by atoms with van der Waals surface area (Å²) in [6.07, 6.45) is 5.05. The molecule has 1 aliphatic rings. The lowest BCUT2D eigenvalue weighted by Gasteiger charge is -2.29. The predicted octanol–water partition coefficient (Wildman–Crippen LogP) is 3.10. The van der Waals surface area contributed by atoms with Crippen molar-refractivity contribution in [3.8, 4) is 10.8 Å². The molecular weight excluding hydrogens is 464 g/mol. The molecule has 0 bridgehead atoms. The van der Waals surface area contributed by atoms with Crippen LogP contribution < -0.4 is 21.9 Å². The number of amides is 1. The van der Waals surface area contributed by atoms with E-state index in [1.54, 1.807) is 0 Å². The zero-order valence-electron chi connectivity index (χ0n) is 18.3. The fourth-order valence-corrected chi connectivity index (χ4v) is 5.25. The minimum absolute atomic E-state index is 0.00442. The van der Waals surface area contributed by atoms with E-state index in [0.29, 0.717) is 12.4 Å². The largest absolute Gasteiger partial charge is 0.410 e. The first-order valence-electron chi connectivity index (χ1n) is 10.9. The van der Waals surface area contributed by atoms with Gasteiger partial charge in [0.15, 0.2) is 5.69 Å². The second kappa shape index (κ2) is 10.4. The summed E-state index contributed by atoms with van der Waals surface area (Å²) in [7, 11) is 0. The average molecular weight is 491 g/mol. The zero-order chi connectivity index (χ0) is 23.4. The standard InChI is InChI=1S/C21H26N6O4S2/c1-2-3-10-26-17(22)16(18(29)23-20(26)30)27(13-7-4-5-8-13)15(28)12-33-21-25-24-19(31-21)14-9-6-11-32-14/h6,9,11,13H,2-5,7-8,10,12,22H2,1H3,(H,23,29,30). The molecule has 0 atom stereocenters. The van der Waals surface area contributed by atoms with Gasteiger partial charge in [-0.25, -0.2) is 4.79 Å². The van der Waals surface area contributed by atoms with Crippen molar-refractivity contribution in [3.05, 3.63) is 38.4 Å². The molecule has 0 radical (unpaired) electrons. The fourth-order valence-electron chi connectivity index (χ4n) is 3.98. The van der Waals surface area contributed by atoms with Crippen LogP contribution in [0.3, 0.4) is 0 Å². The Morgan fingerprint density at radius 1 is 1.36 bits per heavy atom. The highest BCUT2D eigenvalue weighted by Crippen LogP contribution is 2.31. The third-order valence-electron chi connectivity index (χ3n) is 5.61. The average Bonchev–Trinajstić information content (AvgIpc) is 3.56. The highest BCUT2D eigenvalue weighted by atomic mass is 32.2. The van der Waals surface area contributed by atoms with Gasteiger partial charge in [-0.1, -0.05) is 44.0 Å². The van der Waals surface area contributed by atoms with Gasteiger partial charge in [0.05, 0.1) is 10.6 Å². The molecule has 4 rings (SSSR count). The lowest BCUT2D eigenvalue weighted by atomic mass is 10.2. The van der Waals surface area contributed by atoms with Gasteiger partial charge in [0.1, 0.15) is 5.82 Å². The molecule has 0 saturated heterocycles. The summed E-state index contributed by atoms with van der Waals surface area (Å²) in [4.78, 5) is 43.2. The number of nitrogens with zero attached hydrogens (tertiary/aromatic N) is 4. The van der Waals surface area contributed by atoms with Crippen LogP contribution in [0.1, 0.15) is 45.4 Å². The minimum atomic E-state index is -0.645. The van der Waals surface area contributed by atoms with Crippen molar-refractivity contribution in [1.29, 1.82) is 0 Å². The summed E-state index contributed by atoms with van der Waals surface area (Å²) < 4.78 is 7.00. The van der Waals surface area contributed by atoms with Gasteiger partial charge in [-0.2, -0.15) is 0 Å². The Balaban J connectivity index is 1.60. The Morgan fingerprint density at radius 2 is 2.15 bits per heavy atom. The predicted molar refractivity (Wildman–Crippen MR) is 129 cm³/mol. The van der Waals surface area contributed by atoms with Crippen LogP contribution >= 0.6 is 23.1 Å². The molecule has 1 saturated carbocycles. The maximum absolute atomic E-state index is 13.4. The third-order valence-corrected chi connectivity index (χ3v) is 7.27. The van der Waals surface area contributed by atoms with Crippen molar-refractivity contribution < 1.29 is 9.21 Å². The van der Waals surface area contributed by atoms with Crippen molar-refractivity contribution in [3.63, 3.8) is 0 Å². The molecule has 0 unspecified atom stereocenters. The van der Waals surface area contributed by atoms with Gasteiger partial charge in [0.2, 0.25) is 5.91 Å². The van der Waals surface area contributed by atoms with Crippen molar-refractivity contribution in [2.45, 2.75) is 63.3 Å². The van der Waals surface area contributed by atoms with Crippen LogP contribution in [0, 0.1) is 0 Å². The Kier molecular flexibility index (Phi) is 7.33. The van der Waals surface area contributed by atoms with Crippen molar-refractivity contribution in [1.82, 2.24) is 19.7 Å². The van der Waals surface area contributed by atoms with E-state index in [0.717, 1.165) is 55.2 Å². The number of thiophene rings is 1. The third kappa shape index (κ3) is 5.06. The quantitative estimate of drug-likeness (QED) is 0.436. The van der Waals surface area contributed by atoms with Gasteiger partial charge in [-0.3, -0.25) is 19.1 Å². The number of nitrogen functional groups attached to an aromatic ring is 1. The topological polar surface area (TPSA) is 140 Å². The highest BCUT2D eigenvalue weighted by molar-refractivity contribution is 7.99. The summed E-state index contributed by atoms with van der Waals surface area (Å²) in [5, 5.41) is 10.2. The molecule has 3 heterocycles. The van der Waals surface area contributed by atoms with E-state index in [1.807, 2.05) is 24.4 Å². The van der Waals surface area contributed by atoms with Crippen LogP contribution in [-0.4, -0.2) is 37.5 Å². The van der Waals surface area contributed by atoms with E-state index >= 15 is 0 Å². The number of hydrogen-bond donors (Lipinski definition) is 2. The molecule has 10 nitrogen and oxygen atoms in total. The van der Waals surface area contributed by atoms with Gasteiger partial charge >= 0.3 is 5.69 Å². The van der Waals surface area contributed by atoms with Crippen molar-refractivity contribution >= 4 is 40.5 Å². The maximum Gasteiger partial charge on any atom is 0.330 e. The number of carbonyl (C=O) groups excluding carboxylic acids is 1. The summed E-state index contributed by atoms with van der Waals surface area (Å²) in [5.41, 5.74) is 5.14. The van der Waals surface area contributed by atoms with Crippen LogP contribution in [0.4, 0.5) is 11.5 Å². The molecule has 0 spiro atoms. The molecule has 0 aliphatic heterocycles. The van der Waals surface area contributed by atoms with Gasteiger partial charge in [0.25, 0.3) is 16.7 Å². The number of carbonyl (C=O) groups is 1. The Labute approximate surface area is 198 Å². The lowest BCUT2D eigenvalue weighted by Crippen LogP contribution is -2.46. The normalized spacial score (nSPS) is 14.1. The number of H-pyrrole nitrogens is 1. The van der Waals surface area contributed by atoms with Crippen molar-refractivity contribution in [2.24, 2.45) is 0 Å². The van der Waals surface area contributed by atoms with Crippen LogP contribution in [-0.2, 0) is 11.3 Å². The number of hydrogen-bond acceptors (Lipinski definition) is 9. The molecule has 0 aromatic carbocycles. The van der Waals surface area contributed by atoms with Gasteiger partial charge in [-0.15, -0.1) is 21.5 Å². The molecule has 3 aromatic heterocycles. The van der Waals surface area contributed by atoms with Crippen LogP contribution in [0.25, 0.3) is 10.8 Å². The maximum atomic E-state index is 13.4. The molecule has 1 fully saturated rings. The van der Waals surface area contributed by atoms with E-state index in [2.05, 4.69) is 15.2 Å². The number of rotatable bonds is 9. The monoisotopic (exact) mass is 490 g/mol. The fraction of sp³-hybridized carbons (Fsp3) is 0.476. The summed E-state index contributed by atoms with van der Waals surface area (Å²) >= 11 is 2.60. The van der Waals surface area contributed by atoms with Gasteiger partial charge in [0, 0.05) is 12.6 Å². The number of anilines is 2. The van der Waals surface area contributed by atoms with Crippen LogP contribution in [0.5, 0.6) is 0 Å². The molecule has 3 N–H and O–H groups in total. The van der Waals surface area contributed by atoms with Gasteiger partial charge in [-0.05, 0) is 30.7 Å². The molecule has 176 valence electrons. The Hall–Kier alpha value is -2.86. The first kappa shape index (κ1) is 23.3. The summed E-state index contributed by atoms with van der Waals surface area (Å²) in [6.45, 7) is 2.38. The first-order valence-corrected chi connectivity index (χ1v) is 12.8. The number of unbranched alkanes of at least 4 members (excludes halogenated alkanes) is 1. The van der Waals surface area contributed by atoms with Crippen LogP contribution in [0.15, 0.2) is 36.7 Å². The van der Waals surface area contributed by atoms with Crippen LogP contribution in [0.2, 0.25) is 0 Å². The van der Waals surface area contributed by atoms with E-state index < -0.39 is 11.2 Å².